The maximum atomic E-state index is 12.2. The Hall–Kier alpha value is -3.36. The molecule has 7 nitrogen and oxygen atoms in total. The molecule has 0 aliphatic carbocycles. The van der Waals surface area contributed by atoms with E-state index in [1.165, 1.54) is 0 Å². The van der Waals surface area contributed by atoms with Gasteiger partial charge < -0.3 is 20.3 Å². The minimum absolute atomic E-state index is 0.0229. The molecular formula is C20H14ClNO6S. The average Bonchev–Trinajstić information content (AvgIpc) is 3.04. The predicted octanol–water partition coefficient (Wildman–Crippen LogP) is 4.48. The molecule has 29 heavy (non-hydrogen) atoms. The SMILES string of the molecule is O=C(O)COc1c(C(=O)O)sc(-c2ccc(NC(=O)c3ccccc3)cc2)c1Cl. The zero-order valence-electron chi connectivity index (χ0n) is 14.7. The molecule has 0 unspecified atom stereocenters. The van der Waals surface area contributed by atoms with E-state index in [4.69, 9.17) is 21.4 Å². The molecule has 3 rings (SSSR count). The van der Waals surface area contributed by atoms with Crippen molar-refractivity contribution < 1.29 is 29.3 Å². The van der Waals surface area contributed by atoms with Crippen LogP contribution in [0.1, 0.15) is 20.0 Å². The first-order valence-electron chi connectivity index (χ1n) is 8.24. The van der Waals surface area contributed by atoms with Crippen LogP contribution in [0, 0.1) is 0 Å². The van der Waals surface area contributed by atoms with Gasteiger partial charge in [0, 0.05) is 11.3 Å². The molecule has 1 heterocycles. The summed E-state index contributed by atoms with van der Waals surface area (Å²) < 4.78 is 5.06. The second-order valence-electron chi connectivity index (χ2n) is 5.79. The molecule has 0 saturated heterocycles. The van der Waals surface area contributed by atoms with Crippen LogP contribution >= 0.6 is 22.9 Å². The number of aliphatic carboxylic acids is 1. The molecule has 0 fully saturated rings. The quantitative estimate of drug-likeness (QED) is 0.508. The van der Waals surface area contributed by atoms with Gasteiger partial charge in [-0.3, -0.25) is 4.79 Å². The van der Waals surface area contributed by atoms with Gasteiger partial charge in [-0.1, -0.05) is 41.9 Å². The summed E-state index contributed by atoms with van der Waals surface area (Å²) >= 11 is 7.13. The Morgan fingerprint density at radius 2 is 1.66 bits per heavy atom. The molecule has 1 amide bonds. The van der Waals surface area contributed by atoms with E-state index in [2.05, 4.69) is 5.32 Å². The number of aromatic carboxylic acids is 1. The van der Waals surface area contributed by atoms with Crippen molar-refractivity contribution in [2.24, 2.45) is 0 Å². The number of nitrogens with one attached hydrogen (secondary N) is 1. The van der Waals surface area contributed by atoms with E-state index in [1.54, 1.807) is 48.5 Å². The number of amides is 1. The minimum Gasteiger partial charge on any atom is -0.479 e. The third kappa shape index (κ3) is 4.74. The Labute approximate surface area is 174 Å². The molecule has 0 bridgehead atoms. The number of ether oxygens (including phenoxy) is 1. The second-order valence-corrected chi connectivity index (χ2v) is 7.19. The fourth-order valence-corrected chi connectivity index (χ4v) is 3.89. The van der Waals surface area contributed by atoms with Gasteiger partial charge in [-0.15, -0.1) is 11.3 Å². The van der Waals surface area contributed by atoms with Gasteiger partial charge in [0.15, 0.2) is 17.2 Å². The van der Waals surface area contributed by atoms with Crippen LogP contribution in [0.5, 0.6) is 5.75 Å². The first kappa shape index (κ1) is 20.4. The summed E-state index contributed by atoms with van der Waals surface area (Å²) in [6.45, 7) is -0.708. The summed E-state index contributed by atoms with van der Waals surface area (Å²) in [7, 11) is 0. The number of thiophene rings is 1. The molecule has 3 aromatic rings. The smallest absolute Gasteiger partial charge is 0.349 e. The number of anilines is 1. The maximum absolute atomic E-state index is 12.2. The van der Waals surface area contributed by atoms with Crippen molar-refractivity contribution in [2.45, 2.75) is 0 Å². The van der Waals surface area contributed by atoms with Crippen LogP contribution in [0.4, 0.5) is 5.69 Å². The molecule has 0 atom stereocenters. The highest BCUT2D eigenvalue weighted by atomic mass is 35.5. The Morgan fingerprint density at radius 3 is 2.24 bits per heavy atom. The number of carboxylic acid groups (broad SMARTS) is 2. The molecule has 9 heteroatoms. The predicted molar refractivity (Wildman–Crippen MR) is 109 cm³/mol. The first-order chi connectivity index (χ1) is 13.9. The lowest BCUT2D eigenvalue weighted by atomic mass is 10.1. The summed E-state index contributed by atoms with van der Waals surface area (Å²) in [6, 6.07) is 15.4. The van der Waals surface area contributed by atoms with Crippen LogP contribution in [-0.2, 0) is 4.79 Å². The minimum atomic E-state index is -1.27. The molecule has 0 aliphatic heterocycles. The lowest BCUT2D eigenvalue weighted by Gasteiger charge is -2.07. The second kappa shape index (κ2) is 8.76. The van der Waals surface area contributed by atoms with Crippen LogP contribution in [0.15, 0.2) is 54.6 Å². The molecule has 0 saturated carbocycles. The largest absolute Gasteiger partial charge is 0.479 e. The molecular weight excluding hydrogens is 418 g/mol. The fourth-order valence-electron chi connectivity index (χ4n) is 2.48. The standard InChI is InChI=1S/C20H14ClNO6S/c21-15-16(28-10-14(23)24)18(20(26)27)29-17(15)11-6-8-13(9-7-11)22-19(25)12-4-2-1-3-5-12/h1-9H,10H2,(H,22,25)(H,23,24)(H,26,27). The molecule has 148 valence electrons. The van der Waals surface area contributed by atoms with Gasteiger partial charge in [-0.05, 0) is 29.8 Å². The number of hydrogen-bond donors (Lipinski definition) is 3. The number of hydrogen-bond acceptors (Lipinski definition) is 5. The van der Waals surface area contributed by atoms with Crippen LogP contribution in [0.3, 0.4) is 0 Å². The number of carbonyl (C=O) groups is 3. The highest BCUT2D eigenvalue weighted by molar-refractivity contribution is 7.18. The third-order valence-corrected chi connectivity index (χ3v) is 5.46. The van der Waals surface area contributed by atoms with E-state index in [-0.39, 0.29) is 21.6 Å². The Balaban J connectivity index is 1.84. The van der Waals surface area contributed by atoms with E-state index < -0.39 is 18.5 Å². The molecule has 3 N–H and O–H groups in total. The van der Waals surface area contributed by atoms with E-state index >= 15 is 0 Å². The van der Waals surface area contributed by atoms with Crippen molar-refractivity contribution >= 4 is 46.5 Å². The van der Waals surface area contributed by atoms with E-state index in [0.29, 0.717) is 21.7 Å². The first-order valence-corrected chi connectivity index (χ1v) is 9.43. The zero-order valence-corrected chi connectivity index (χ0v) is 16.3. The summed E-state index contributed by atoms with van der Waals surface area (Å²) in [6.07, 6.45) is 0. The number of benzene rings is 2. The van der Waals surface area contributed by atoms with Gasteiger partial charge in [0.25, 0.3) is 5.91 Å². The fraction of sp³-hybridized carbons (Fsp3) is 0.0500. The van der Waals surface area contributed by atoms with Crippen molar-refractivity contribution in [3.8, 4) is 16.2 Å². The van der Waals surface area contributed by atoms with Gasteiger partial charge >= 0.3 is 11.9 Å². The number of halogens is 1. The van der Waals surface area contributed by atoms with E-state index in [9.17, 15) is 19.5 Å². The highest BCUT2D eigenvalue weighted by Crippen LogP contribution is 2.45. The van der Waals surface area contributed by atoms with Crippen LogP contribution in [-0.4, -0.2) is 34.7 Å². The number of carbonyl (C=O) groups excluding carboxylic acids is 1. The molecule has 0 radical (unpaired) electrons. The van der Waals surface area contributed by atoms with Gasteiger partial charge in [-0.2, -0.15) is 0 Å². The van der Waals surface area contributed by atoms with Gasteiger partial charge in [0.2, 0.25) is 0 Å². The molecule has 0 spiro atoms. The van der Waals surface area contributed by atoms with Crippen LogP contribution in [0.2, 0.25) is 5.02 Å². The van der Waals surface area contributed by atoms with Crippen molar-refractivity contribution in [3.63, 3.8) is 0 Å². The molecule has 1 aromatic heterocycles. The zero-order chi connectivity index (χ0) is 21.0. The Bertz CT molecular complexity index is 1060. The van der Waals surface area contributed by atoms with Crippen LogP contribution in [0.25, 0.3) is 10.4 Å². The topological polar surface area (TPSA) is 113 Å². The summed E-state index contributed by atoms with van der Waals surface area (Å²) in [4.78, 5) is 34.6. The summed E-state index contributed by atoms with van der Waals surface area (Å²) in [5, 5.41) is 20.9. The van der Waals surface area contributed by atoms with E-state index in [0.717, 1.165) is 11.3 Å². The summed E-state index contributed by atoms with van der Waals surface area (Å²) in [5.74, 6) is -2.95. The van der Waals surface area contributed by atoms with Gasteiger partial charge in [0.1, 0.15) is 5.02 Å². The summed E-state index contributed by atoms with van der Waals surface area (Å²) in [5.41, 5.74) is 1.67. The van der Waals surface area contributed by atoms with Crippen molar-refractivity contribution in [2.75, 3.05) is 11.9 Å². The Morgan fingerprint density at radius 1 is 1.00 bits per heavy atom. The normalized spacial score (nSPS) is 10.4. The van der Waals surface area contributed by atoms with Crippen molar-refractivity contribution in [1.82, 2.24) is 0 Å². The maximum Gasteiger partial charge on any atom is 0.349 e. The van der Waals surface area contributed by atoms with Crippen molar-refractivity contribution in [1.29, 1.82) is 0 Å². The van der Waals surface area contributed by atoms with Gasteiger partial charge in [-0.25, -0.2) is 9.59 Å². The monoisotopic (exact) mass is 431 g/mol. The van der Waals surface area contributed by atoms with E-state index in [1.807, 2.05) is 6.07 Å². The lowest BCUT2D eigenvalue weighted by molar-refractivity contribution is -0.139. The van der Waals surface area contributed by atoms with Gasteiger partial charge in [0.05, 0.1) is 4.88 Å². The lowest BCUT2D eigenvalue weighted by Crippen LogP contribution is -2.11. The average molecular weight is 432 g/mol. The molecule has 2 aromatic carbocycles. The van der Waals surface area contributed by atoms with Crippen LogP contribution < -0.4 is 10.1 Å². The molecule has 0 aliphatic rings. The Kier molecular flexibility index (Phi) is 6.16. The number of rotatable bonds is 7. The number of carboxylic acids is 2. The third-order valence-electron chi connectivity index (χ3n) is 3.78. The highest BCUT2D eigenvalue weighted by Gasteiger charge is 2.24. The van der Waals surface area contributed by atoms with Crippen molar-refractivity contribution in [3.05, 3.63) is 70.1 Å².